The molecule has 1 heterocycles. The largest absolute Gasteiger partial charge is 0.382 e. The molecule has 0 spiro atoms. The van der Waals surface area contributed by atoms with Gasteiger partial charge in [-0.25, -0.2) is 4.79 Å². The van der Waals surface area contributed by atoms with Crippen LogP contribution in [-0.2, 0) is 23.8 Å². The van der Waals surface area contributed by atoms with E-state index in [-0.39, 0.29) is 17.5 Å². The third kappa shape index (κ3) is 5.35. The standard InChI is InChI=1S/C17H21NO7/c1-22-9-10-24-12-11-23-8-4-7-15(19)25-18-16(20)13-5-2-3-6-14(13)17(18)21/h2-3,5-6H,4,7-12H2,1H3. The van der Waals surface area contributed by atoms with Crippen molar-refractivity contribution in [2.75, 3.05) is 40.1 Å². The predicted molar refractivity (Wildman–Crippen MR) is 85.8 cm³/mol. The summed E-state index contributed by atoms with van der Waals surface area (Å²) in [7, 11) is 1.60. The molecule has 2 rings (SSSR count). The molecule has 1 aromatic rings. The zero-order valence-corrected chi connectivity index (χ0v) is 14.1. The lowest BCUT2D eigenvalue weighted by Gasteiger charge is -2.12. The summed E-state index contributed by atoms with van der Waals surface area (Å²) in [5.41, 5.74) is 0.467. The van der Waals surface area contributed by atoms with Gasteiger partial charge in [-0.15, -0.1) is 0 Å². The van der Waals surface area contributed by atoms with E-state index in [1.807, 2.05) is 0 Å². The maximum Gasteiger partial charge on any atom is 0.333 e. The van der Waals surface area contributed by atoms with Crippen molar-refractivity contribution >= 4 is 17.8 Å². The molecule has 0 aromatic heterocycles. The number of hydrogen-bond acceptors (Lipinski definition) is 7. The van der Waals surface area contributed by atoms with E-state index in [1.54, 1.807) is 19.2 Å². The van der Waals surface area contributed by atoms with Gasteiger partial charge in [0.1, 0.15) is 0 Å². The molecule has 2 amide bonds. The Morgan fingerprint density at radius 1 is 0.920 bits per heavy atom. The van der Waals surface area contributed by atoms with Gasteiger partial charge in [-0.3, -0.25) is 9.59 Å². The first kappa shape index (κ1) is 19.0. The van der Waals surface area contributed by atoms with Crippen molar-refractivity contribution in [2.24, 2.45) is 0 Å². The number of hydrogen-bond donors (Lipinski definition) is 0. The lowest BCUT2D eigenvalue weighted by Crippen LogP contribution is -2.32. The summed E-state index contributed by atoms with van der Waals surface area (Å²) in [5.74, 6) is -1.91. The molecule has 25 heavy (non-hydrogen) atoms. The molecule has 1 aliphatic rings. The average Bonchev–Trinajstić information content (AvgIpc) is 2.86. The number of nitrogens with zero attached hydrogens (tertiary/aromatic N) is 1. The molecule has 0 atom stereocenters. The third-order valence-electron chi connectivity index (χ3n) is 3.42. The highest BCUT2D eigenvalue weighted by Crippen LogP contribution is 2.22. The minimum absolute atomic E-state index is 0.0396. The van der Waals surface area contributed by atoms with Gasteiger partial charge in [0, 0.05) is 13.7 Å². The molecule has 0 aliphatic carbocycles. The molecule has 8 heteroatoms. The number of methoxy groups -OCH3 is 1. The Hall–Kier alpha value is -2.29. The fraction of sp³-hybridized carbons (Fsp3) is 0.471. The first-order valence-corrected chi connectivity index (χ1v) is 7.98. The van der Waals surface area contributed by atoms with Gasteiger partial charge in [-0.2, -0.15) is 0 Å². The van der Waals surface area contributed by atoms with Gasteiger partial charge in [-0.05, 0) is 18.6 Å². The van der Waals surface area contributed by atoms with Gasteiger partial charge in [-0.1, -0.05) is 17.2 Å². The molecule has 0 unspecified atom stereocenters. The van der Waals surface area contributed by atoms with Crippen LogP contribution in [0.4, 0.5) is 0 Å². The normalized spacial score (nSPS) is 13.2. The van der Waals surface area contributed by atoms with Gasteiger partial charge >= 0.3 is 5.97 Å². The Kier molecular flexibility index (Phi) is 7.52. The van der Waals surface area contributed by atoms with E-state index < -0.39 is 17.8 Å². The van der Waals surface area contributed by atoms with Crippen molar-refractivity contribution in [1.29, 1.82) is 0 Å². The van der Waals surface area contributed by atoms with E-state index in [0.717, 1.165) is 0 Å². The molecule has 0 saturated heterocycles. The second-order valence-corrected chi connectivity index (χ2v) is 5.23. The number of amides is 2. The fourth-order valence-corrected chi connectivity index (χ4v) is 2.18. The highest BCUT2D eigenvalue weighted by molar-refractivity contribution is 6.20. The number of hydroxylamine groups is 2. The van der Waals surface area contributed by atoms with E-state index >= 15 is 0 Å². The van der Waals surface area contributed by atoms with Crippen molar-refractivity contribution in [3.05, 3.63) is 35.4 Å². The zero-order valence-electron chi connectivity index (χ0n) is 14.1. The van der Waals surface area contributed by atoms with Crippen molar-refractivity contribution < 1.29 is 33.4 Å². The van der Waals surface area contributed by atoms with Gasteiger partial charge in [0.05, 0.1) is 44.0 Å². The van der Waals surface area contributed by atoms with E-state index in [2.05, 4.69) is 0 Å². The van der Waals surface area contributed by atoms with Crippen LogP contribution in [0.1, 0.15) is 33.6 Å². The molecule has 0 saturated carbocycles. The summed E-state index contributed by atoms with van der Waals surface area (Å²) in [4.78, 5) is 40.8. The van der Waals surface area contributed by atoms with Gasteiger partial charge in [0.2, 0.25) is 0 Å². The summed E-state index contributed by atoms with van der Waals surface area (Å²) in [5, 5.41) is 0.511. The smallest absolute Gasteiger partial charge is 0.333 e. The summed E-state index contributed by atoms with van der Waals surface area (Å²) in [6.45, 7) is 2.25. The average molecular weight is 351 g/mol. The molecule has 136 valence electrons. The van der Waals surface area contributed by atoms with Crippen LogP contribution in [0.3, 0.4) is 0 Å². The highest BCUT2D eigenvalue weighted by atomic mass is 16.7. The lowest BCUT2D eigenvalue weighted by molar-refractivity contribution is -0.168. The summed E-state index contributed by atoms with van der Waals surface area (Å²) in [6.07, 6.45) is 0.456. The van der Waals surface area contributed by atoms with Crippen LogP contribution < -0.4 is 0 Å². The quantitative estimate of drug-likeness (QED) is 0.437. The van der Waals surface area contributed by atoms with E-state index in [0.29, 0.717) is 44.5 Å². The van der Waals surface area contributed by atoms with Crippen LogP contribution in [0.2, 0.25) is 0 Å². The van der Waals surface area contributed by atoms with Crippen molar-refractivity contribution in [1.82, 2.24) is 5.06 Å². The minimum Gasteiger partial charge on any atom is -0.382 e. The van der Waals surface area contributed by atoms with E-state index in [9.17, 15) is 14.4 Å². The van der Waals surface area contributed by atoms with Crippen molar-refractivity contribution in [3.8, 4) is 0 Å². The molecule has 0 radical (unpaired) electrons. The second-order valence-electron chi connectivity index (χ2n) is 5.23. The van der Waals surface area contributed by atoms with Crippen LogP contribution in [0.25, 0.3) is 0 Å². The molecule has 8 nitrogen and oxygen atoms in total. The molecule has 0 bridgehead atoms. The number of carbonyl (C=O) groups is 3. The highest BCUT2D eigenvalue weighted by Gasteiger charge is 2.38. The van der Waals surface area contributed by atoms with E-state index in [1.165, 1.54) is 12.1 Å². The van der Waals surface area contributed by atoms with Gasteiger partial charge < -0.3 is 19.0 Å². The van der Waals surface area contributed by atoms with Gasteiger partial charge in [0.25, 0.3) is 11.8 Å². The van der Waals surface area contributed by atoms with Crippen LogP contribution in [0, 0.1) is 0 Å². The van der Waals surface area contributed by atoms with Gasteiger partial charge in [0.15, 0.2) is 0 Å². The molecule has 1 aromatic carbocycles. The number of carbonyl (C=O) groups excluding carboxylic acids is 3. The van der Waals surface area contributed by atoms with Crippen LogP contribution >= 0.6 is 0 Å². The number of rotatable bonds is 11. The van der Waals surface area contributed by atoms with Crippen LogP contribution in [0.15, 0.2) is 24.3 Å². The molecule has 1 aliphatic heterocycles. The maximum atomic E-state index is 12.0. The Morgan fingerprint density at radius 2 is 1.48 bits per heavy atom. The number of imide groups is 1. The van der Waals surface area contributed by atoms with Crippen molar-refractivity contribution in [2.45, 2.75) is 12.8 Å². The Balaban J connectivity index is 1.62. The molecule has 0 fully saturated rings. The maximum absolute atomic E-state index is 12.0. The monoisotopic (exact) mass is 351 g/mol. The SMILES string of the molecule is COCCOCCOCCCC(=O)ON1C(=O)c2ccccc2C1=O. The minimum atomic E-state index is -0.658. The molecule has 0 N–H and O–H groups in total. The third-order valence-corrected chi connectivity index (χ3v) is 3.42. The Labute approximate surface area is 145 Å². The molecular formula is C17H21NO7. The van der Waals surface area contributed by atoms with Crippen molar-refractivity contribution in [3.63, 3.8) is 0 Å². The first-order valence-electron chi connectivity index (χ1n) is 7.98. The Bertz CT molecular complexity index is 582. The fourth-order valence-electron chi connectivity index (χ4n) is 2.18. The first-order chi connectivity index (χ1) is 12.1. The predicted octanol–water partition coefficient (Wildman–Crippen LogP) is 1.20. The second kappa shape index (κ2) is 9.87. The summed E-state index contributed by atoms with van der Waals surface area (Å²) >= 11 is 0. The molecular weight excluding hydrogens is 330 g/mol. The number of fused-ring (bicyclic) bond motifs is 1. The zero-order chi connectivity index (χ0) is 18.1. The number of ether oxygens (including phenoxy) is 3. The summed E-state index contributed by atoms with van der Waals surface area (Å²) < 4.78 is 15.4. The summed E-state index contributed by atoms with van der Waals surface area (Å²) in [6, 6.07) is 6.33. The topological polar surface area (TPSA) is 91.4 Å². The van der Waals surface area contributed by atoms with E-state index in [4.69, 9.17) is 19.0 Å². The van der Waals surface area contributed by atoms with Crippen LogP contribution in [-0.4, -0.2) is 63.0 Å². The van der Waals surface area contributed by atoms with Crippen LogP contribution in [0.5, 0.6) is 0 Å². The lowest BCUT2D eigenvalue weighted by atomic mass is 10.1. The number of benzene rings is 1. The Morgan fingerprint density at radius 3 is 2.08 bits per heavy atom.